The van der Waals surface area contributed by atoms with Crippen LogP contribution in [-0.4, -0.2) is 0 Å². The molecule has 0 heterocycles. The first-order valence-electron chi connectivity index (χ1n) is 11.7. The molecule has 0 aromatic rings. The van der Waals surface area contributed by atoms with Gasteiger partial charge in [0.15, 0.2) is 0 Å². The maximum atomic E-state index is 4.24. The van der Waals surface area contributed by atoms with Crippen LogP contribution in [0.1, 0.15) is 91.9 Å². The van der Waals surface area contributed by atoms with E-state index in [9.17, 15) is 0 Å². The van der Waals surface area contributed by atoms with Crippen molar-refractivity contribution in [3.63, 3.8) is 0 Å². The lowest BCUT2D eigenvalue weighted by atomic mass is 9.61. The van der Waals surface area contributed by atoms with Gasteiger partial charge in [-0.3, -0.25) is 0 Å². The minimum atomic E-state index is 0.521. The number of hydrogen-bond acceptors (Lipinski definition) is 0. The highest BCUT2D eigenvalue weighted by atomic mass is 14.5. The van der Waals surface area contributed by atoms with Crippen LogP contribution in [0.4, 0.5) is 0 Å². The molecule has 3 rings (SSSR count). The Hall–Kier alpha value is -1.04. The Morgan fingerprint density at radius 3 is 2.74 bits per heavy atom. The molecule has 3 aliphatic rings. The van der Waals surface area contributed by atoms with E-state index in [4.69, 9.17) is 0 Å². The molecule has 0 bridgehead atoms. The molecule has 5 atom stereocenters. The summed E-state index contributed by atoms with van der Waals surface area (Å²) >= 11 is 0. The van der Waals surface area contributed by atoms with Crippen molar-refractivity contribution in [3.8, 4) is 0 Å². The Morgan fingerprint density at radius 1 is 1.19 bits per heavy atom. The van der Waals surface area contributed by atoms with Gasteiger partial charge in [-0.2, -0.15) is 0 Å². The highest BCUT2D eigenvalue weighted by Gasteiger charge is 2.50. The molecule has 0 aromatic carbocycles. The van der Waals surface area contributed by atoms with Gasteiger partial charge in [0.05, 0.1) is 0 Å². The second kappa shape index (κ2) is 8.97. The molecule has 0 amide bonds. The third-order valence-corrected chi connectivity index (χ3v) is 8.13. The summed E-state index contributed by atoms with van der Waals surface area (Å²) in [5.41, 5.74) is 5.39. The van der Waals surface area contributed by atoms with Gasteiger partial charge in [0.2, 0.25) is 0 Å². The van der Waals surface area contributed by atoms with Crippen LogP contribution in [0, 0.1) is 29.1 Å². The highest BCUT2D eigenvalue weighted by Crippen LogP contribution is 2.59. The van der Waals surface area contributed by atoms with E-state index >= 15 is 0 Å². The molecule has 0 spiro atoms. The van der Waals surface area contributed by atoms with Gasteiger partial charge in [-0.05, 0) is 86.9 Å². The SMILES string of the molecule is C=C1CC/C(=C/C=C2\CCCC3(C)C2CCC3C(C)/C=C/CCC)CC1C. The number of fused-ring (bicyclic) bond motifs is 1. The van der Waals surface area contributed by atoms with Crippen LogP contribution in [0.25, 0.3) is 0 Å². The maximum absolute atomic E-state index is 4.24. The van der Waals surface area contributed by atoms with Gasteiger partial charge in [0, 0.05) is 0 Å². The van der Waals surface area contributed by atoms with E-state index in [1.165, 1.54) is 69.8 Å². The van der Waals surface area contributed by atoms with Crippen molar-refractivity contribution in [2.75, 3.05) is 0 Å². The molecule has 150 valence electrons. The molecule has 0 nitrogen and oxygen atoms in total. The Morgan fingerprint density at radius 2 is 2.00 bits per heavy atom. The van der Waals surface area contributed by atoms with E-state index in [2.05, 4.69) is 58.6 Å². The maximum Gasteiger partial charge on any atom is -0.0143 e. The van der Waals surface area contributed by atoms with Crippen molar-refractivity contribution in [2.24, 2.45) is 29.1 Å². The van der Waals surface area contributed by atoms with Crippen LogP contribution in [0.2, 0.25) is 0 Å². The second-order valence-electron chi connectivity index (χ2n) is 10.0. The van der Waals surface area contributed by atoms with E-state index in [0.717, 1.165) is 17.8 Å². The third-order valence-electron chi connectivity index (χ3n) is 8.13. The topological polar surface area (TPSA) is 0 Å². The minimum Gasteiger partial charge on any atom is -0.0996 e. The van der Waals surface area contributed by atoms with Crippen LogP contribution < -0.4 is 0 Å². The van der Waals surface area contributed by atoms with E-state index in [-0.39, 0.29) is 0 Å². The molecular formula is C27H42. The molecule has 0 aliphatic heterocycles. The Kier molecular flexibility index (Phi) is 6.88. The number of allylic oxidation sites excluding steroid dienone is 7. The van der Waals surface area contributed by atoms with Gasteiger partial charge in [-0.1, -0.05) is 81.7 Å². The Bertz CT molecular complexity index is 616. The van der Waals surface area contributed by atoms with Crippen molar-refractivity contribution >= 4 is 0 Å². The molecule has 0 N–H and O–H groups in total. The van der Waals surface area contributed by atoms with E-state index in [1.54, 1.807) is 11.1 Å². The standard InChI is InChI=1S/C27H42/c1-6-7-8-10-21(3)25-16-17-26-24(11-9-18-27(25,26)5)15-14-23-13-12-20(2)22(4)19-23/h8,10,14-15,21-22,25-26H,2,6-7,9,11-13,16-19H2,1,3-5H3/b10-8+,23-14-,24-15+. The van der Waals surface area contributed by atoms with E-state index in [1.807, 2.05) is 0 Å². The van der Waals surface area contributed by atoms with Gasteiger partial charge in [0.1, 0.15) is 0 Å². The van der Waals surface area contributed by atoms with Crippen LogP contribution in [-0.2, 0) is 0 Å². The first kappa shape index (κ1) is 20.7. The average Bonchev–Trinajstić information content (AvgIpc) is 3.00. The predicted molar refractivity (Wildman–Crippen MR) is 120 cm³/mol. The zero-order valence-corrected chi connectivity index (χ0v) is 18.4. The Labute approximate surface area is 168 Å². The zero-order chi connectivity index (χ0) is 19.4. The Balaban J connectivity index is 1.72. The van der Waals surface area contributed by atoms with Crippen molar-refractivity contribution in [3.05, 3.63) is 47.6 Å². The lowest BCUT2D eigenvalue weighted by molar-refractivity contribution is 0.112. The third kappa shape index (κ3) is 4.52. The summed E-state index contributed by atoms with van der Waals surface area (Å²) in [6.07, 6.45) is 23.2. The summed E-state index contributed by atoms with van der Waals surface area (Å²) in [6, 6.07) is 0. The normalized spacial score (nSPS) is 38.7. The fourth-order valence-corrected chi connectivity index (χ4v) is 6.34. The summed E-state index contributed by atoms with van der Waals surface area (Å²) in [7, 11) is 0. The summed E-state index contributed by atoms with van der Waals surface area (Å²) in [6.45, 7) is 13.9. The second-order valence-corrected chi connectivity index (χ2v) is 10.0. The molecule has 0 saturated heterocycles. The summed E-state index contributed by atoms with van der Waals surface area (Å²) in [5, 5.41) is 0. The van der Waals surface area contributed by atoms with Gasteiger partial charge in [-0.15, -0.1) is 0 Å². The first-order chi connectivity index (χ1) is 13.0. The molecule has 27 heavy (non-hydrogen) atoms. The van der Waals surface area contributed by atoms with Gasteiger partial charge in [0.25, 0.3) is 0 Å². The van der Waals surface area contributed by atoms with Crippen molar-refractivity contribution in [1.29, 1.82) is 0 Å². The van der Waals surface area contributed by atoms with E-state index in [0.29, 0.717) is 11.3 Å². The first-order valence-corrected chi connectivity index (χ1v) is 11.7. The molecule has 3 aliphatic carbocycles. The quantitative estimate of drug-likeness (QED) is 0.428. The molecule has 0 radical (unpaired) electrons. The molecule has 5 unspecified atom stereocenters. The lowest BCUT2D eigenvalue weighted by Crippen LogP contribution is -2.35. The minimum absolute atomic E-state index is 0.521. The largest absolute Gasteiger partial charge is 0.0996 e. The van der Waals surface area contributed by atoms with Crippen LogP contribution >= 0.6 is 0 Å². The van der Waals surface area contributed by atoms with Gasteiger partial charge < -0.3 is 0 Å². The molecular weight excluding hydrogens is 324 g/mol. The van der Waals surface area contributed by atoms with E-state index < -0.39 is 0 Å². The van der Waals surface area contributed by atoms with Crippen molar-refractivity contribution in [1.82, 2.24) is 0 Å². The van der Waals surface area contributed by atoms with Crippen molar-refractivity contribution in [2.45, 2.75) is 91.9 Å². The fourth-order valence-electron chi connectivity index (χ4n) is 6.34. The highest BCUT2D eigenvalue weighted by molar-refractivity contribution is 5.27. The summed E-state index contributed by atoms with van der Waals surface area (Å²) in [5.74, 6) is 3.09. The monoisotopic (exact) mass is 366 g/mol. The predicted octanol–water partition coefficient (Wildman–Crippen LogP) is 8.42. The van der Waals surface area contributed by atoms with Crippen molar-refractivity contribution < 1.29 is 0 Å². The lowest BCUT2D eigenvalue weighted by Gasteiger charge is -2.44. The van der Waals surface area contributed by atoms with Crippen LogP contribution in [0.15, 0.2) is 47.6 Å². The van der Waals surface area contributed by atoms with Gasteiger partial charge >= 0.3 is 0 Å². The number of rotatable bonds is 5. The molecule has 0 aromatic heterocycles. The molecule has 0 heteroatoms. The zero-order valence-electron chi connectivity index (χ0n) is 18.4. The number of hydrogen-bond donors (Lipinski definition) is 0. The van der Waals surface area contributed by atoms with Crippen LogP contribution in [0.3, 0.4) is 0 Å². The number of unbranched alkanes of at least 4 members (excludes halogenated alkanes) is 1. The fraction of sp³-hybridized carbons (Fsp3) is 0.704. The smallest absolute Gasteiger partial charge is 0.0143 e. The summed E-state index contributed by atoms with van der Waals surface area (Å²) < 4.78 is 0. The molecule has 3 fully saturated rings. The summed E-state index contributed by atoms with van der Waals surface area (Å²) in [4.78, 5) is 0. The average molecular weight is 367 g/mol. The molecule has 3 saturated carbocycles. The van der Waals surface area contributed by atoms with Gasteiger partial charge in [-0.25, -0.2) is 0 Å². The van der Waals surface area contributed by atoms with Crippen LogP contribution in [0.5, 0.6) is 0 Å².